The Bertz CT molecular complexity index is 316. The molecule has 2 aromatic carbocycles. The SMILES string of the molecule is [Pt].[c-]1ccc(Cc2ccccc2)cc1. The van der Waals surface area contributed by atoms with Crippen LogP contribution >= 0.6 is 0 Å². The van der Waals surface area contributed by atoms with E-state index in [0.29, 0.717) is 0 Å². The smallest absolute Gasteiger partial charge is 0 e. The van der Waals surface area contributed by atoms with Gasteiger partial charge in [0, 0.05) is 21.1 Å². The third-order valence-electron chi connectivity index (χ3n) is 2.04. The van der Waals surface area contributed by atoms with E-state index in [-0.39, 0.29) is 21.1 Å². The summed E-state index contributed by atoms with van der Waals surface area (Å²) in [5.41, 5.74) is 2.69. The van der Waals surface area contributed by atoms with Crippen LogP contribution in [-0.4, -0.2) is 0 Å². The van der Waals surface area contributed by atoms with Gasteiger partial charge in [-0.1, -0.05) is 30.3 Å². The Labute approximate surface area is 99.2 Å². The van der Waals surface area contributed by atoms with E-state index in [9.17, 15) is 0 Å². The van der Waals surface area contributed by atoms with Crippen LogP contribution in [0.3, 0.4) is 0 Å². The van der Waals surface area contributed by atoms with Gasteiger partial charge in [0.1, 0.15) is 0 Å². The van der Waals surface area contributed by atoms with Crippen molar-refractivity contribution in [3.8, 4) is 0 Å². The van der Waals surface area contributed by atoms with Gasteiger partial charge < -0.3 is 0 Å². The maximum atomic E-state index is 3.02. The van der Waals surface area contributed by atoms with Gasteiger partial charge in [-0.3, -0.25) is 0 Å². The van der Waals surface area contributed by atoms with Gasteiger partial charge in [-0.25, -0.2) is 0 Å². The molecule has 0 radical (unpaired) electrons. The molecule has 0 aliphatic heterocycles. The Morgan fingerprint density at radius 2 is 1.36 bits per heavy atom. The average molecular weight is 362 g/mol. The molecule has 0 spiro atoms. The van der Waals surface area contributed by atoms with Crippen LogP contribution in [0.25, 0.3) is 0 Å². The van der Waals surface area contributed by atoms with Crippen LogP contribution in [0.5, 0.6) is 0 Å². The fraction of sp³-hybridized carbons (Fsp3) is 0.0769. The Kier molecular flexibility index (Phi) is 4.62. The minimum absolute atomic E-state index is 0. The van der Waals surface area contributed by atoms with Crippen LogP contribution in [0.2, 0.25) is 0 Å². The molecule has 0 nitrogen and oxygen atoms in total. The van der Waals surface area contributed by atoms with E-state index in [1.165, 1.54) is 11.1 Å². The minimum Gasteiger partial charge on any atom is -0.184 e. The van der Waals surface area contributed by atoms with Gasteiger partial charge >= 0.3 is 0 Å². The van der Waals surface area contributed by atoms with Crippen molar-refractivity contribution in [1.82, 2.24) is 0 Å². The van der Waals surface area contributed by atoms with Gasteiger partial charge in [0.15, 0.2) is 0 Å². The topological polar surface area (TPSA) is 0 Å². The Morgan fingerprint density at radius 3 is 2.00 bits per heavy atom. The molecule has 0 aromatic heterocycles. The van der Waals surface area contributed by atoms with Crippen molar-refractivity contribution >= 4 is 0 Å². The van der Waals surface area contributed by atoms with Gasteiger partial charge in [0.05, 0.1) is 0 Å². The summed E-state index contributed by atoms with van der Waals surface area (Å²) in [6, 6.07) is 21.6. The van der Waals surface area contributed by atoms with E-state index in [1.807, 2.05) is 18.2 Å². The van der Waals surface area contributed by atoms with Gasteiger partial charge in [0.25, 0.3) is 0 Å². The van der Waals surface area contributed by atoms with E-state index >= 15 is 0 Å². The Hall–Kier alpha value is -0.872. The zero-order valence-electron chi connectivity index (χ0n) is 7.72. The molecule has 2 aromatic rings. The van der Waals surface area contributed by atoms with Crippen molar-refractivity contribution in [2.24, 2.45) is 0 Å². The first-order valence-corrected chi connectivity index (χ1v) is 4.44. The average Bonchev–Trinajstić information content (AvgIpc) is 2.21. The Balaban J connectivity index is 0.000000980. The van der Waals surface area contributed by atoms with E-state index < -0.39 is 0 Å². The van der Waals surface area contributed by atoms with Crippen LogP contribution in [0.4, 0.5) is 0 Å². The minimum atomic E-state index is 0. The zero-order valence-corrected chi connectivity index (χ0v) is 9.99. The summed E-state index contributed by atoms with van der Waals surface area (Å²) in [5.74, 6) is 0. The van der Waals surface area contributed by atoms with Crippen LogP contribution in [-0.2, 0) is 27.5 Å². The summed E-state index contributed by atoms with van der Waals surface area (Å²) in [7, 11) is 0. The van der Waals surface area contributed by atoms with Crippen molar-refractivity contribution in [2.45, 2.75) is 6.42 Å². The second-order valence-electron chi connectivity index (χ2n) is 3.07. The first-order chi connectivity index (χ1) is 6.45. The van der Waals surface area contributed by atoms with Gasteiger partial charge in [0.2, 0.25) is 0 Å². The standard InChI is InChI=1S/C13H11.Pt/c1-3-7-12(8-4-1)11-13-9-5-2-6-10-13;/h1,3-10H,11H2;/q-1;. The second-order valence-corrected chi connectivity index (χ2v) is 3.07. The van der Waals surface area contributed by atoms with Crippen molar-refractivity contribution in [3.63, 3.8) is 0 Å². The van der Waals surface area contributed by atoms with E-state index in [2.05, 4.69) is 42.5 Å². The number of benzene rings is 2. The molecule has 0 atom stereocenters. The third-order valence-corrected chi connectivity index (χ3v) is 2.04. The van der Waals surface area contributed by atoms with Crippen molar-refractivity contribution in [1.29, 1.82) is 0 Å². The monoisotopic (exact) mass is 362 g/mol. The van der Waals surface area contributed by atoms with Crippen molar-refractivity contribution < 1.29 is 21.1 Å². The first-order valence-electron chi connectivity index (χ1n) is 4.44. The second kappa shape index (κ2) is 5.77. The molecule has 14 heavy (non-hydrogen) atoms. The third kappa shape index (κ3) is 3.12. The summed E-state index contributed by atoms with van der Waals surface area (Å²) in [6.07, 6.45) is 1.01. The molecular weight excluding hydrogens is 351 g/mol. The molecule has 0 N–H and O–H groups in total. The van der Waals surface area contributed by atoms with Gasteiger partial charge in [-0.2, -0.15) is 35.9 Å². The molecular formula is C13H11Pt-. The van der Waals surface area contributed by atoms with E-state index in [0.717, 1.165) is 6.42 Å². The summed E-state index contributed by atoms with van der Waals surface area (Å²) in [5, 5.41) is 0. The van der Waals surface area contributed by atoms with Crippen LogP contribution in [0.15, 0.2) is 54.6 Å². The maximum Gasteiger partial charge on any atom is 0 e. The quantitative estimate of drug-likeness (QED) is 0.721. The molecule has 0 amide bonds. The molecule has 0 bridgehead atoms. The first kappa shape index (κ1) is 11.2. The predicted octanol–water partition coefficient (Wildman–Crippen LogP) is 3.08. The molecule has 0 heterocycles. The van der Waals surface area contributed by atoms with Crippen LogP contribution < -0.4 is 0 Å². The largest absolute Gasteiger partial charge is 0.184 e. The number of hydrogen-bond acceptors (Lipinski definition) is 0. The van der Waals surface area contributed by atoms with Gasteiger partial charge in [-0.15, -0.1) is 0 Å². The van der Waals surface area contributed by atoms with Crippen molar-refractivity contribution in [2.75, 3.05) is 0 Å². The summed E-state index contributed by atoms with van der Waals surface area (Å²) < 4.78 is 0. The molecule has 74 valence electrons. The summed E-state index contributed by atoms with van der Waals surface area (Å²) in [4.78, 5) is 0. The molecule has 0 aliphatic carbocycles. The maximum absolute atomic E-state index is 3.02. The molecule has 0 aliphatic rings. The van der Waals surface area contributed by atoms with E-state index in [1.54, 1.807) is 0 Å². The molecule has 0 saturated carbocycles. The number of rotatable bonds is 2. The summed E-state index contributed by atoms with van der Waals surface area (Å²) >= 11 is 0. The van der Waals surface area contributed by atoms with Crippen LogP contribution in [0.1, 0.15) is 11.1 Å². The Morgan fingerprint density at radius 1 is 0.786 bits per heavy atom. The molecule has 0 fully saturated rings. The number of hydrogen-bond donors (Lipinski definition) is 0. The van der Waals surface area contributed by atoms with E-state index in [4.69, 9.17) is 0 Å². The molecule has 2 rings (SSSR count). The van der Waals surface area contributed by atoms with Gasteiger partial charge in [-0.05, 0) is 12.0 Å². The molecule has 0 saturated heterocycles. The summed E-state index contributed by atoms with van der Waals surface area (Å²) in [6.45, 7) is 0. The fourth-order valence-electron chi connectivity index (χ4n) is 1.37. The van der Waals surface area contributed by atoms with Crippen LogP contribution in [0, 0.1) is 6.07 Å². The molecule has 0 unspecified atom stereocenters. The molecule has 1 heteroatoms. The normalized spacial score (nSPS) is 9.14. The fourth-order valence-corrected chi connectivity index (χ4v) is 1.37. The zero-order chi connectivity index (χ0) is 8.93. The predicted molar refractivity (Wildman–Crippen MR) is 54.5 cm³/mol. The van der Waals surface area contributed by atoms with Crippen molar-refractivity contribution in [3.05, 3.63) is 71.8 Å².